The minimum atomic E-state index is 0.759. The summed E-state index contributed by atoms with van der Waals surface area (Å²) in [6.45, 7) is 2.06. The van der Waals surface area contributed by atoms with Crippen molar-refractivity contribution in [3.8, 4) is 0 Å². The van der Waals surface area contributed by atoms with Crippen molar-refractivity contribution in [1.29, 1.82) is 0 Å². The van der Waals surface area contributed by atoms with Crippen molar-refractivity contribution in [2.24, 2.45) is 0 Å². The van der Waals surface area contributed by atoms with Gasteiger partial charge in [0.25, 0.3) is 0 Å². The van der Waals surface area contributed by atoms with Crippen molar-refractivity contribution >= 4 is 23.2 Å². The Labute approximate surface area is 102 Å². The molecule has 0 atom stereocenters. The molecule has 0 heterocycles. The molecule has 0 bridgehead atoms. The van der Waals surface area contributed by atoms with Crippen LogP contribution in [0.15, 0.2) is 24.3 Å². The second-order valence-electron chi connectivity index (χ2n) is 3.76. The molecular weight excluding hydrogens is 229 g/mol. The number of hydrogen-bond acceptors (Lipinski definition) is 1. The summed E-state index contributed by atoms with van der Waals surface area (Å²) < 4.78 is 0. The molecule has 1 aromatic rings. The van der Waals surface area contributed by atoms with Gasteiger partial charge in [-0.05, 0) is 44.1 Å². The zero-order valence-electron chi connectivity index (χ0n) is 9.05. The molecule has 0 saturated carbocycles. The molecule has 15 heavy (non-hydrogen) atoms. The third-order valence-electron chi connectivity index (χ3n) is 2.29. The first-order valence-electron chi connectivity index (χ1n) is 5.21. The van der Waals surface area contributed by atoms with Crippen molar-refractivity contribution in [3.05, 3.63) is 34.9 Å². The van der Waals surface area contributed by atoms with Gasteiger partial charge in [-0.15, -0.1) is 11.6 Å². The van der Waals surface area contributed by atoms with E-state index in [0.717, 1.165) is 36.8 Å². The Morgan fingerprint density at radius 3 is 2.40 bits per heavy atom. The number of rotatable bonds is 6. The van der Waals surface area contributed by atoms with Crippen molar-refractivity contribution in [2.75, 3.05) is 19.5 Å². The second kappa shape index (κ2) is 7.10. The summed E-state index contributed by atoms with van der Waals surface area (Å²) in [6.07, 6.45) is 2.25. The number of benzene rings is 1. The molecule has 0 saturated heterocycles. The van der Waals surface area contributed by atoms with E-state index < -0.39 is 0 Å². The lowest BCUT2D eigenvalue weighted by atomic mass is 10.2. The van der Waals surface area contributed by atoms with Crippen LogP contribution in [-0.2, 0) is 6.54 Å². The monoisotopic (exact) mass is 245 g/mol. The van der Waals surface area contributed by atoms with E-state index in [1.807, 2.05) is 12.1 Å². The molecule has 1 rings (SSSR count). The molecule has 0 spiro atoms. The van der Waals surface area contributed by atoms with E-state index in [0.29, 0.717) is 0 Å². The highest BCUT2D eigenvalue weighted by atomic mass is 35.5. The Hall–Kier alpha value is -0.240. The van der Waals surface area contributed by atoms with Gasteiger partial charge >= 0.3 is 0 Å². The highest BCUT2D eigenvalue weighted by Gasteiger charge is 1.99. The fourth-order valence-electron chi connectivity index (χ4n) is 1.46. The van der Waals surface area contributed by atoms with Gasteiger partial charge in [-0.3, -0.25) is 0 Å². The van der Waals surface area contributed by atoms with Gasteiger partial charge in [0.05, 0.1) is 0 Å². The Morgan fingerprint density at radius 1 is 1.13 bits per heavy atom. The predicted octanol–water partition coefficient (Wildman–Crippen LogP) is 3.79. The van der Waals surface area contributed by atoms with Crippen LogP contribution in [0.4, 0.5) is 0 Å². The number of halogens is 2. The van der Waals surface area contributed by atoms with Crippen LogP contribution >= 0.6 is 23.2 Å². The van der Waals surface area contributed by atoms with Crippen LogP contribution in [0.25, 0.3) is 0 Å². The quantitative estimate of drug-likeness (QED) is 0.545. The molecule has 0 amide bonds. The molecule has 0 fully saturated rings. The maximum absolute atomic E-state index is 5.82. The van der Waals surface area contributed by atoms with Gasteiger partial charge in [0, 0.05) is 17.4 Å². The minimum absolute atomic E-state index is 0.759. The summed E-state index contributed by atoms with van der Waals surface area (Å²) in [4.78, 5) is 2.30. The SMILES string of the molecule is CN(CCCCCl)Cc1ccc(Cl)cc1. The molecule has 1 nitrogen and oxygen atoms in total. The molecule has 0 aliphatic heterocycles. The maximum Gasteiger partial charge on any atom is 0.0406 e. The normalized spacial score (nSPS) is 10.9. The topological polar surface area (TPSA) is 3.24 Å². The van der Waals surface area contributed by atoms with E-state index in [-0.39, 0.29) is 0 Å². The average Bonchev–Trinajstić information content (AvgIpc) is 2.22. The number of nitrogens with zero attached hydrogens (tertiary/aromatic N) is 1. The molecule has 0 aliphatic rings. The van der Waals surface area contributed by atoms with E-state index in [4.69, 9.17) is 23.2 Å². The Balaban J connectivity index is 2.31. The van der Waals surface area contributed by atoms with Crippen LogP contribution in [0.1, 0.15) is 18.4 Å². The van der Waals surface area contributed by atoms with Gasteiger partial charge in [-0.1, -0.05) is 23.7 Å². The third-order valence-corrected chi connectivity index (χ3v) is 2.81. The van der Waals surface area contributed by atoms with E-state index in [2.05, 4.69) is 24.1 Å². The van der Waals surface area contributed by atoms with Crippen LogP contribution < -0.4 is 0 Å². The lowest BCUT2D eigenvalue weighted by molar-refractivity contribution is 0.321. The fraction of sp³-hybridized carbons (Fsp3) is 0.500. The summed E-state index contributed by atoms with van der Waals surface area (Å²) in [7, 11) is 2.13. The van der Waals surface area contributed by atoms with Crippen molar-refractivity contribution in [1.82, 2.24) is 4.90 Å². The molecular formula is C12H17Cl2N. The summed E-state index contributed by atoms with van der Waals surface area (Å²) in [5.74, 6) is 0.759. The van der Waals surface area contributed by atoms with Crippen LogP contribution in [0.5, 0.6) is 0 Å². The highest BCUT2D eigenvalue weighted by molar-refractivity contribution is 6.30. The Bertz CT molecular complexity index is 271. The first kappa shape index (κ1) is 12.8. The molecule has 0 aliphatic carbocycles. The Morgan fingerprint density at radius 2 is 1.80 bits per heavy atom. The van der Waals surface area contributed by atoms with E-state index >= 15 is 0 Å². The molecule has 84 valence electrons. The van der Waals surface area contributed by atoms with Gasteiger partial charge in [0.1, 0.15) is 0 Å². The lowest BCUT2D eigenvalue weighted by Gasteiger charge is -2.16. The van der Waals surface area contributed by atoms with Crippen molar-refractivity contribution in [2.45, 2.75) is 19.4 Å². The highest BCUT2D eigenvalue weighted by Crippen LogP contribution is 2.11. The molecule has 1 aromatic carbocycles. The zero-order valence-corrected chi connectivity index (χ0v) is 10.6. The maximum atomic E-state index is 5.82. The molecule has 0 radical (unpaired) electrons. The van der Waals surface area contributed by atoms with Gasteiger partial charge in [-0.25, -0.2) is 0 Å². The summed E-state index contributed by atoms with van der Waals surface area (Å²) in [6, 6.07) is 8.01. The smallest absolute Gasteiger partial charge is 0.0406 e. The molecule has 0 aromatic heterocycles. The van der Waals surface area contributed by atoms with Gasteiger partial charge in [-0.2, -0.15) is 0 Å². The van der Waals surface area contributed by atoms with E-state index in [1.165, 1.54) is 5.56 Å². The predicted molar refractivity (Wildman–Crippen MR) is 67.7 cm³/mol. The van der Waals surface area contributed by atoms with Gasteiger partial charge in [0.15, 0.2) is 0 Å². The summed E-state index contributed by atoms with van der Waals surface area (Å²) in [5.41, 5.74) is 1.30. The van der Waals surface area contributed by atoms with Crippen molar-refractivity contribution in [3.63, 3.8) is 0 Å². The largest absolute Gasteiger partial charge is 0.302 e. The Kier molecular flexibility index (Phi) is 6.07. The molecule has 0 N–H and O–H groups in total. The van der Waals surface area contributed by atoms with Crippen molar-refractivity contribution < 1.29 is 0 Å². The van der Waals surface area contributed by atoms with Gasteiger partial charge in [0.2, 0.25) is 0 Å². The third kappa shape index (κ3) is 5.41. The van der Waals surface area contributed by atoms with E-state index in [9.17, 15) is 0 Å². The minimum Gasteiger partial charge on any atom is -0.302 e. The summed E-state index contributed by atoms with van der Waals surface area (Å²) >= 11 is 11.5. The number of hydrogen-bond donors (Lipinski definition) is 0. The first-order chi connectivity index (χ1) is 7.22. The van der Waals surface area contributed by atoms with Crippen LogP contribution in [0.3, 0.4) is 0 Å². The number of alkyl halides is 1. The zero-order chi connectivity index (χ0) is 11.1. The standard InChI is InChI=1S/C12H17Cl2N/c1-15(9-3-2-8-13)10-11-4-6-12(14)7-5-11/h4-7H,2-3,8-10H2,1H3. The number of unbranched alkanes of at least 4 members (excludes halogenated alkanes) is 1. The average molecular weight is 246 g/mol. The van der Waals surface area contributed by atoms with Crippen LogP contribution in [0.2, 0.25) is 5.02 Å². The summed E-state index contributed by atoms with van der Waals surface area (Å²) in [5, 5.41) is 0.795. The van der Waals surface area contributed by atoms with Crippen LogP contribution in [-0.4, -0.2) is 24.4 Å². The molecule has 3 heteroatoms. The van der Waals surface area contributed by atoms with Crippen LogP contribution in [0, 0.1) is 0 Å². The first-order valence-corrected chi connectivity index (χ1v) is 6.12. The second-order valence-corrected chi connectivity index (χ2v) is 4.57. The van der Waals surface area contributed by atoms with Gasteiger partial charge < -0.3 is 4.90 Å². The molecule has 0 unspecified atom stereocenters. The van der Waals surface area contributed by atoms with E-state index in [1.54, 1.807) is 0 Å². The lowest BCUT2D eigenvalue weighted by Crippen LogP contribution is -2.19. The fourth-order valence-corrected chi connectivity index (χ4v) is 1.77.